The fraction of sp³-hybridized carbons (Fsp3) is 0.500. The van der Waals surface area contributed by atoms with Gasteiger partial charge in [-0.2, -0.15) is 0 Å². The molecule has 5 heteroatoms. The minimum absolute atomic E-state index is 0.129. The van der Waals surface area contributed by atoms with E-state index in [-0.39, 0.29) is 18.2 Å². The minimum Gasteiger partial charge on any atom is -0.496 e. The molecule has 0 radical (unpaired) electrons. The second-order valence-corrected chi connectivity index (χ2v) is 4.83. The quantitative estimate of drug-likeness (QED) is 0.830. The van der Waals surface area contributed by atoms with Gasteiger partial charge in [-0.1, -0.05) is 13.8 Å². The van der Waals surface area contributed by atoms with Crippen molar-refractivity contribution in [3.05, 3.63) is 29.6 Å². The first-order valence-corrected chi connectivity index (χ1v) is 6.23. The van der Waals surface area contributed by atoms with Gasteiger partial charge < -0.3 is 15.2 Å². The van der Waals surface area contributed by atoms with E-state index in [2.05, 4.69) is 5.32 Å². The normalized spacial score (nSPS) is 12.3. The van der Waals surface area contributed by atoms with E-state index in [0.717, 1.165) is 6.07 Å². The number of aliphatic hydroxyl groups is 1. The van der Waals surface area contributed by atoms with E-state index in [9.17, 15) is 14.3 Å². The molecule has 0 aromatic heterocycles. The van der Waals surface area contributed by atoms with Gasteiger partial charge in [0.2, 0.25) is 0 Å². The third-order valence-corrected chi connectivity index (χ3v) is 2.72. The first-order chi connectivity index (χ1) is 8.97. The van der Waals surface area contributed by atoms with E-state index in [1.165, 1.54) is 19.2 Å². The number of rotatable bonds is 6. The summed E-state index contributed by atoms with van der Waals surface area (Å²) in [5.74, 6) is -0.307. The Morgan fingerprint density at radius 1 is 1.47 bits per heavy atom. The largest absolute Gasteiger partial charge is 0.496 e. The van der Waals surface area contributed by atoms with Crippen LogP contribution in [0.15, 0.2) is 18.2 Å². The van der Waals surface area contributed by atoms with E-state index >= 15 is 0 Å². The van der Waals surface area contributed by atoms with Crippen molar-refractivity contribution in [3.8, 4) is 5.75 Å². The van der Waals surface area contributed by atoms with Crippen LogP contribution in [0.5, 0.6) is 5.75 Å². The van der Waals surface area contributed by atoms with Gasteiger partial charge in [0.1, 0.15) is 11.6 Å². The van der Waals surface area contributed by atoms with Crippen molar-refractivity contribution in [2.45, 2.75) is 26.3 Å². The van der Waals surface area contributed by atoms with Crippen molar-refractivity contribution >= 4 is 5.91 Å². The van der Waals surface area contributed by atoms with Gasteiger partial charge in [-0.25, -0.2) is 4.39 Å². The summed E-state index contributed by atoms with van der Waals surface area (Å²) >= 11 is 0. The number of hydrogen-bond acceptors (Lipinski definition) is 3. The van der Waals surface area contributed by atoms with Crippen LogP contribution in [0.4, 0.5) is 4.39 Å². The number of carbonyl (C=O) groups is 1. The number of carbonyl (C=O) groups excluding carboxylic acids is 1. The smallest absolute Gasteiger partial charge is 0.255 e. The molecule has 0 aliphatic rings. The Hall–Kier alpha value is -1.62. The first kappa shape index (κ1) is 15.4. The highest BCUT2D eigenvalue weighted by atomic mass is 19.1. The molecule has 0 bridgehead atoms. The van der Waals surface area contributed by atoms with Gasteiger partial charge in [0.25, 0.3) is 5.91 Å². The fourth-order valence-electron chi connectivity index (χ4n) is 1.87. The second-order valence-electron chi connectivity index (χ2n) is 4.83. The maximum absolute atomic E-state index is 13.2. The topological polar surface area (TPSA) is 58.6 Å². The van der Waals surface area contributed by atoms with Gasteiger partial charge >= 0.3 is 0 Å². The van der Waals surface area contributed by atoms with Crippen LogP contribution in [0, 0.1) is 11.7 Å². The summed E-state index contributed by atoms with van der Waals surface area (Å²) in [7, 11) is 1.42. The minimum atomic E-state index is -0.504. The standard InChI is InChI=1S/C14H20FNO3/c1-9(2)6-11(8-17)16-14(18)12-7-10(15)4-5-13(12)19-3/h4-5,7,9,11,17H,6,8H2,1-3H3,(H,16,18). The molecule has 1 rings (SSSR count). The summed E-state index contributed by atoms with van der Waals surface area (Å²) in [6, 6.07) is 3.41. The Labute approximate surface area is 112 Å². The summed E-state index contributed by atoms with van der Waals surface area (Å²) in [6.45, 7) is 3.84. The summed E-state index contributed by atoms with van der Waals surface area (Å²) in [5, 5.41) is 11.9. The predicted octanol–water partition coefficient (Wildman–Crippen LogP) is 1.97. The molecule has 0 saturated carbocycles. The molecule has 1 amide bonds. The van der Waals surface area contributed by atoms with Crippen LogP contribution in [-0.2, 0) is 0 Å². The van der Waals surface area contributed by atoms with E-state index in [4.69, 9.17) is 4.74 Å². The number of methoxy groups -OCH3 is 1. The summed E-state index contributed by atoms with van der Waals surface area (Å²) in [4.78, 5) is 12.1. The van der Waals surface area contributed by atoms with Crippen LogP contribution < -0.4 is 10.1 Å². The van der Waals surface area contributed by atoms with Gasteiger partial charge in [0.15, 0.2) is 0 Å². The van der Waals surface area contributed by atoms with Crippen LogP contribution in [-0.4, -0.2) is 30.8 Å². The van der Waals surface area contributed by atoms with Crippen molar-refractivity contribution in [1.82, 2.24) is 5.32 Å². The average molecular weight is 269 g/mol. The lowest BCUT2D eigenvalue weighted by Gasteiger charge is -2.19. The number of nitrogens with one attached hydrogen (secondary N) is 1. The van der Waals surface area contributed by atoms with Crippen LogP contribution in [0.3, 0.4) is 0 Å². The zero-order valence-electron chi connectivity index (χ0n) is 11.4. The highest BCUT2D eigenvalue weighted by Crippen LogP contribution is 2.19. The maximum atomic E-state index is 13.2. The Morgan fingerprint density at radius 3 is 2.68 bits per heavy atom. The van der Waals surface area contributed by atoms with Crippen molar-refractivity contribution in [3.63, 3.8) is 0 Å². The summed E-state index contributed by atoms with van der Waals surface area (Å²) < 4.78 is 18.2. The molecule has 0 aliphatic heterocycles. The molecule has 0 heterocycles. The lowest BCUT2D eigenvalue weighted by molar-refractivity contribution is 0.0905. The van der Waals surface area contributed by atoms with E-state index in [1.54, 1.807) is 0 Å². The zero-order valence-corrected chi connectivity index (χ0v) is 11.4. The number of amides is 1. The monoisotopic (exact) mass is 269 g/mol. The number of benzene rings is 1. The van der Waals surface area contributed by atoms with Crippen LogP contribution in [0.25, 0.3) is 0 Å². The Bertz CT molecular complexity index is 435. The number of ether oxygens (including phenoxy) is 1. The molecule has 4 nitrogen and oxygen atoms in total. The molecule has 1 unspecified atom stereocenters. The molecule has 19 heavy (non-hydrogen) atoms. The predicted molar refractivity (Wildman–Crippen MR) is 70.7 cm³/mol. The summed E-state index contributed by atoms with van der Waals surface area (Å²) in [6.07, 6.45) is 0.653. The van der Waals surface area contributed by atoms with E-state index in [1.807, 2.05) is 13.8 Å². The van der Waals surface area contributed by atoms with Crippen LogP contribution >= 0.6 is 0 Å². The Kier molecular flexibility index (Phi) is 5.76. The highest BCUT2D eigenvalue weighted by molar-refractivity contribution is 5.97. The van der Waals surface area contributed by atoms with Gasteiger partial charge in [0.05, 0.1) is 25.3 Å². The fourth-order valence-corrected chi connectivity index (χ4v) is 1.87. The highest BCUT2D eigenvalue weighted by Gasteiger charge is 2.18. The average Bonchev–Trinajstić information content (AvgIpc) is 2.37. The maximum Gasteiger partial charge on any atom is 0.255 e. The van der Waals surface area contributed by atoms with Gasteiger partial charge in [-0.3, -0.25) is 4.79 Å². The lowest BCUT2D eigenvalue weighted by Crippen LogP contribution is -2.38. The van der Waals surface area contributed by atoms with Crippen molar-refractivity contribution in [2.24, 2.45) is 5.92 Å². The van der Waals surface area contributed by atoms with Crippen LogP contribution in [0.1, 0.15) is 30.6 Å². The number of halogens is 1. The lowest BCUT2D eigenvalue weighted by atomic mass is 10.0. The number of aliphatic hydroxyl groups excluding tert-OH is 1. The van der Waals surface area contributed by atoms with Crippen molar-refractivity contribution in [1.29, 1.82) is 0 Å². The van der Waals surface area contributed by atoms with E-state index < -0.39 is 11.7 Å². The third-order valence-electron chi connectivity index (χ3n) is 2.72. The molecule has 106 valence electrons. The molecule has 0 fully saturated rings. The molecular weight excluding hydrogens is 249 g/mol. The second kappa shape index (κ2) is 7.09. The third kappa shape index (κ3) is 4.52. The molecule has 0 spiro atoms. The Morgan fingerprint density at radius 2 is 2.16 bits per heavy atom. The summed E-state index contributed by atoms with van der Waals surface area (Å²) in [5.41, 5.74) is 0.129. The molecule has 1 aromatic rings. The molecule has 1 aromatic carbocycles. The molecule has 0 saturated heterocycles. The van der Waals surface area contributed by atoms with Gasteiger partial charge in [-0.15, -0.1) is 0 Å². The first-order valence-electron chi connectivity index (χ1n) is 6.23. The van der Waals surface area contributed by atoms with Crippen molar-refractivity contribution < 1.29 is 19.0 Å². The molecule has 0 aliphatic carbocycles. The van der Waals surface area contributed by atoms with Gasteiger partial charge in [-0.05, 0) is 30.5 Å². The van der Waals surface area contributed by atoms with E-state index in [0.29, 0.717) is 18.1 Å². The molecule has 2 N–H and O–H groups in total. The molecule has 1 atom stereocenters. The zero-order chi connectivity index (χ0) is 14.4. The Balaban J connectivity index is 2.84. The SMILES string of the molecule is COc1ccc(F)cc1C(=O)NC(CO)CC(C)C. The molecular formula is C14H20FNO3. The van der Waals surface area contributed by atoms with Gasteiger partial charge in [0, 0.05) is 0 Å². The van der Waals surface area contributed by atoms with Crippen LogP contribution in [0.2, 0.25) is 0 Å². The van der Waals surface area contributed by atoms with Crippen molar-refractivity contribution in [2.75, 3.05) is 13.7 Å². The number of hydrogen-bond donors (Lipinski definition) is 2.